The van der Waals surface area contributed by atoms with Crippen LogP contribution in [0.4, 0.5) is 0 Å². The summed E-state index contributed by atoms with van der Waals surface area (Å²) in [4.78, 5) is 12.5. The van der Waals surface area contributed by atoms with E-state index in [4.69, 9.17) is 23.2 Å². The Balaban J connectivity index is 1.76. The van der Waals surface area contributed by atoms with Gasteiger partial charge in [-0.25, -0.2) is 0 Å². The van der Waals surface area contributed by atoms with Gasteiger partial charge in [0.15, 0.2) is 0 Å². The number of rotatable bonds is 3. The standard InChI is InChI=1S/C19H19Cl2NO/c1-11-4-6-12(7-5-11)16-17(19(16,2)3)22-18(23)13-8-9-14(20)15(21)10-13/h4-10,16-17H,1-3H3,(H,22,23)/t16-,17-/m0/s1. The number of benzene rings is 2. The van der Waals surface area contributed by atoms with Crippen LogP contribution in [0.5, 0.6) is 0 Å². The second-order valence-electron chi connectivity index (χ2n) is 6.79. The fourth-order valence-corrected chi connectivity index (χ4v) is 3.46. The number of hydrogen-bond acceptors (Lipinski definition) is 1. The number of aryl methyl sites for hydroxylation is 1. The molecule has 0 bridgehead atoms. The second-order valence-corrected chi connectivity index (χ2v) is 7.60. The van der Waals surface area contributed by atoms with Crippen LogP contribution in [0.1, 0.15) is 41.3 Å². The van der Waals surface area contributed by atoms with Gasteiger partial charge in [-0.1, -0.05) is 66.9 Å². The summed E-state index contributed by atoms with van der Waals surface area (Å²) in [5, 5.41) is 3.97. The summed E-state index contributed by atoms with van der Waals surface area (Å²) in [6.07, 6.45) is 0. The topological polar surface area (TPSA) is 29.1 Å². The molecule has 1 N–H and O–H groups in total. The van der Waals surface area contributed by atoms with E-state index in [1.807, 2.05) is 0 Å². The third-order valence-corrected chi connectivity index (χ3v) is 5.47. The molecule has 2 nitrogen and oxygen atoms in total. The van der Waals surface area contributed by atoms with Gasteiger partial charge in [-0.05, 0) is 36.1 Å². The smallest absolute Gasteiger partial charge is 0.251 e. The summed E-state index contributed by atoms with van der Waals surface area (Å²) in [6, 6.07) is 13.6. The zero-order valence-corrected chi connectivity index (χ0v) is 14.9. The summed E-state index contributed by atoms with van der Waals surface area (Å²) >= 11 is 11.9. The highest BCUT2D eigenvalue weighted by Crippen LogP contribution is 2.58. The van der Waals surface area contributed by atoms with Gasteiger partial charge < -0.3 is 5.32 Å². The van der Waals surface area contributed by atoms with Gasteiger partial charge in [0.1, 0.15) is 0 Å². The van der Waals surface area contributed by atoms with E-state index in [1.54, 1.807) is 18.2 Å². The molecule has 1 fully saturated rings. The summed E-state index contributed by atoms with van der Waals surface area (Å²) in [6.45, 7) is 6.43. The summed E-state index contributed by atoms with van der Waals surface area (Å²) < 4.78 is 0. The Kier molecular flexibility index (Phi) is 4.16. The minimum Gasteiger partial charge on any atom is -0.348 e. The van der Waals surface area contributed by atoms with Crippen LogP contribution >= 0.6 is 23.2 Å². The van der Waals surface area contributed by atoms with Crippen LogP contribution in [0.2, 0.25) is 10.0 Å². The fourth-order valence-electron chi connectivity index (χ4n) is 3.16. The Labute approximate surface area is 146 Å². The molecule has 1 aliphatic rings. The molecule has 3 rings (SSSR count). The fraction of sp³-hybridized carbons (Fsp3) is 0.316. The monoisotopic (exact) mass is 347 g/mol. The molecule has 2 atom stereocenters. The molecule has 0 radical (unpaired) electrons. The lowest BCUT2D eigenvalue weighted by molar-refractivity contribution is 0.0946. The van der Waals surface area contributed by atoms with Crippen molar-refractivity contribution in [2.24, 2.45) is 5.41 Å². The first-order valence-corrected chi connectivity index (χ1v) is 8.39. The normalized spacial score (nSPS) is 21.8. The number of carbonyl (C=O) groups excluding carboxylic acids is 1. The van der Waals surface area contributed by atoms with E-state index in [0.717, 1.165) is 0 Å². The van der Waals surface area contributed by atoms with Crippen LogP contribution < -0.4 is 5.32 Å². The molecule has 1 saturated carbocycles. The van der Waals surface area contributed by atoms with Crippen molar-refractivity contribution < 1.29 is 4.79 Å². The van der Waals surface area contributed by atoms with Gasteiger partial charge in [-0.3, -0.25) is 4.79 Å². The molecular formula is C19H19Cl2NO. The highest BCUT2D eigenvalue weighted by Gasteiger charge is 2.59. The highest BCUT2D eigenvalue weighted by molar-refractivity contribution is 6.42. The van der Waals surface area contributed by atoms with Gasteiger partial charge in [-0.2, -0.15) is 0 Å². The van der Waals surface area contributed by atoms with Crippen molar-refractivity contribution in [3.63, 3.8) is 0 Å². The first-order valence-electron chi connectivity index (χ1n) is 7.63. The quantitative estimate of drug-likeness (QED) is 0.809. The Morgan fingerprint density at radius 1 is 1.04 bits per heavy atom. The third kappa shape index (κ3) is 3.11. The van der Waals surface area contributed by atoms with Gasteiger partial charge >= 0.3 is 0 Å². The number of carbonyl (C=O) groups is 1. The molecule has 23 heavy (non-hydrogen) atoms. The maximum atomic E-state index is 12.5. The van der Waals surface area contributed by atoms with Crippen molar-refractivity contribution in [3.8, 4) is 0 Å². The Morgan fingerprint density at radius 3 is 2.30 bits per heavy atom. The molecule has 1 aliphatic carbocycles. The van der Waals surface area contributed by atoms with Gasteiger partial charge in [0.25, 0.3) is 5.91 Å². The number of hydrogen-bond donors (Lipinski definition) is 1. The zero-order valence-electron chi connectivity index (χ0n) is 13.4. The van der Waals surface area contributed by atoms with Crippen molar-refractivity contribution in [2.75, 3.05) is 0 Å². The van der Waals surface area contributed by atoms with E-state index in [2.05, 4.69) is 50.4 Å². The molecule has 4 heteroatoms. The second kappa shape index (κ2) is 5.85. The Hall–Kier alpha value is -1.51. The van der Waals surface area contributed by atoms with Gasteiger partial charge in [0.05, 0.1) is 10.0 Å². The Bertz CT molecular complexity index is 752. The van der Waals surface area contributed by atoms with Crippen LogP contribution in [0, 0.1) is 12.3 Å². The predicted molar refractivity (Wildman–Crippen MR) is 95.4 cm³/mol. The van der Waals surface area contributed by atoms with Crippen LogP contribution in [0.15, 0.2) is 42.5 Å². The van der Waals surface area contributed by atoms with Crippen molar-refractivity contribution in [1.82, 2.24) is 5.32 Å². The van der Waals surface area contributed by atoms with E-state index >= 15 is 0 Å². The Morgan fingerprint density at radius 2 is 1.70 bits per heavy atom. The molecule has 0 aliphatic heterocycles. The summed E-state index contributed by atoms with van der Waals surface area (Å²) in [7, 11) is 0. The lowest BCUT2D eigenvalue weighted by Gasteiger charge is -2.07. The molecule has 2 aromatic carbocycles. The van der Waals surface area contributed by atoms with Crippen LogP contribution in [-0.4, -0.2) is 11.9 Å². The minimum atomic E-state index is -0.115. The molecular weight excluding hydrogens is 329 g/mol. The van der Waals surface area contributed by atoms with Crippen molar-refractivity contribution in [1.29, 1.82) is 0 Å². The number of nitrogens with one attached hydrogen (secondary N) is 1. The lowest BCUT2D eigenvalue weighted by atomic mass is 10.0. The van der Waals surface area contributed by atoms with Crippen molar-refractivity contribution >= 4 is 29.1 Å². The molecule has 0 spiro atoms. The van der Waals surface area contributed by atoms with Crippen LogP contribution in [0.25, 0.3) is 0 Å². The molecule has 1 amide bonds. The van der Waals surface area contributed by atoms with Gasteiger partial charge in [0.2, 0.25) is 0 Å². The molecule has 2 aromatic rings. The van der Waals surface area contributed by atoms with Crippen molar-refractivity contribution in [2.45, 2.75) is 32.7 Å². The maximum Gasteiger partial charge on any atom is 0.251 e. The van der Waals surface area contributed by atoms with Crippen LogP contribution in [-0.2, 0) is 0 Å². The van der Waals surface area contributed by atoms with E-state index in [-0.39, 0.29) is 17.4 Å². The predicted octanol–water partition coefficient (Wildman–Crippen LogP) is 5.22. The zero-order chi connectivity index (χ0) is 16.8. The molecule has 0 unspecified atom stereocenters. The van der Waals surface area contributed by atoms with E-state index < -0.39 is 0 Å². The summed E-state index contributed by atoms with van der Waals surface area (Å²) in [5.74, 6) is 0.214. The summed E-state index contributed by atoms with van der Waals surface area (Å²) in [5.41, 5.74) is 3.08. The van der Waals surface area contributed by atoms with E-state index in [1.165, 1.54) is 11.1 Å². The SMILES string of the molecule is Cc1ccc([C@H]2[C@H](NC(=O)c3ccc(Cl)c(Cl)c3)C2(C)C)cc1. The first-order chi connectivity index (χ1) is 10.8. The van der Waals surface area contributed by atoms with Crippen molar-refractivity contribution in [3.05, 3.63) is 69.2 Å². The average molecular weight is 348 g/mol. The molecule has 120 valence electrons. The van der Waals surface area contributed by atoms with Crippen LogP contribution in [0.3, 0.4) is 0 Å². The maximum absolute atomic E-state index is 12.5. The largest absolute Gasteiger partial charge is 0.348 e. The number of amides is 1. The molecule has 0 saturated heterocycles. The molecule has 0 heterocycles. The highest BCUT2D eigenvalue weighted by atomic mass is 35.5. The number of halogens is 2. The average Bonchev–Trinajstić information content (AvgIpc) is 3.03. The van der Waals surface area contributed by atoms with E-state index in [0.29, 0.717) is 21.5 Å². The third-order valence-electron chi connectivity index (χ3n) is 4.73. The minimum absolute atomic E-state index is 0.0428. The van der Waals surface area contributed by atoms with Gasteiger partial charge in [-0.15, -0.1) is 0 Å². The molecule has 0 aromatic heterocycles. The van der Waals surface area contributed by atoms with Gasteiger partial charge in [0, 0.05) is 17.5 Å². The lowest BCUT2D eigenvalue weighted by Crippen LogP contribution is -2.28. The first kappa shape index (κ1) is 16.4. The van der Waals surface area contributed by atoms with E-state index in [9.17, 15) is 4.79 Å².